The number of fused-ring (bicyclic) bond motifs is 1. The summed E-state index contributed by atoms with van der Waals surface area (Å²) < 4.78 is 2.13. The van der Waals surface area contributed by atoms with Crippen molar-refractivity contribution in [2.24, 2.45) is 7.05 Å². The summed E-state index contributed by atoms with van der Waals surface area (Å²) in [5.74, 6) is -0.381. The van der Waals surface area contributed by atoms with E-state index in [1.165, 1.54) is 0 Å². The maximum Gasteiger partial charge on any atom is 0.214 e. The van der Waals surface area contributed by atoms with E-state index < -0.39 is 0 Å². The van der Waals surface area contributed by atoms with E-state index in [0.717, 1.165) is 33.3 Å². The fourth-order valence-electron chi connectivity index (χ4n) is 3.93. The number of para-hydroxylation sites is 1. The second-order valence-corrected chi connectivity index (χ2v) is 7.26. The molecule has 0 spiro atoms. The molecular formula is C23H19ClN2O2. The van der Waals surface area contributed by atoms with Gasteiger partial charge in [0.1, 0.15) is 0 Å². The first kappa shape index (κ1) is 18.3. The minimum atomic E-state index is -0.381. The Balaban J connectivity index is 2.04. The lowest BCUT2D eigenvalue weighted by molar-refractivity contribution is -0.481. The summed E-state index contributed by atoms with van der Waals surface area (Å²) in [5, 5.41) is 13.2. The topological polar surface area (TPSA) is 48.1 Å². The first-order valence-corrected chi connectivity index (χ1v) is 9.44. The van der Waals surface area contributed by atoms with Crippen molar-refractivity contribution in [1.82, 2.24) is 4.57 Å². The lowest BCUT2D eigenvalue weighted by Crippen LogP contribution is -2.15. The Hall–Kier alpha value is -3.11. The molecule has 4 aromatic rings. The van der Waals surface area contributed by atoms with Gasteiger partial charge in [-0.1, -0.05) is 72.3 Å². The number of hydrogen-bond donors (Lipinski definition) is 0. The van der Waals surface area contributed by atoms with Gasteiger partial charge >= 0.3 is 0 Å². The van der Waals surface area contributed by atoms with Crippen LogP contribution in [0, 0.1) is 10.1 Å². The molecule has 0 aliphatic heterocycles. The molecule has 3 aromatic carbocycles. The minimum Gasteiger partial charge on any atom is -0.343 e. The molecule has 4 nitrogen and oxygen atoms in total. The lowest BCUT2D eigenvalue weighted by Gasteiger charge is -2.17. The van der Waals surface area contributed by atoms with Crippen LogP contribution < -0.4 is 0 Å². The quantitative estimate of drug-likeness (QED) is 0.314. The van der Waals surface area contributed by atoms with Crippen molar-refractivity contribution in [1.29, 1.82) is 0 Å². The molecule has 1 heterocycles. The first-order chi connectivity index (χ1) is 13.6. The molecule has 0 amide bonds. The maximum absolute atomic E-state index is 11.6. The van der Waals surface area contributed by atoms with Crippen LogP contribution in [-0.4, -0.2) is 16.0 Å². The average Bonchev–Trinajstić information content (AvgIpc) is 3.00. The average molecular weight is 391 g/mol. The molecule has 1 aromatic heterocycles. The monoisotopic (exact) mass is 390 g/mol. The Morgan fingerprint density at radius 1 is 0.964 bits per heavy atom. The number of aromatic nitrogens is 1. The molecule has 0 N–H and O–H groups in total. The van der Waals surface area contributed by atoms with Crippen LogP contribution in [0.25, 0.3) is 22.2 Å². The van der Waals surface area contributed by atoms with E-state index in [1.807, 2.05) is 67.7 Å². The van der Waals surface area contributed by atoms with Gasteiger partial charge in [0.2, 0.25) is 6.54 Å². The number of halogens is 1. The SMILES string of the molecule is Cn1c(-c2ccccc2)c(C(C[N+](=O)[O-])c2ccc(Cl)cc2)c2ccccc21. The molecule has 0 radical (unpaired) electrons. The molecule has 28 heavy (non-hydrogen) atoms. The fourth-order valence-corrected chi connectivity index (χ4v) is 4.05. The Morgan fingerprint density at radius 2 is 1.61 bits per heavy atom. The van der Waals surface area contributed by atoms with E-state index in [1.54, 1.807) is 12.1 Å². The normalized spacial score (nSPS) is 12.2. The summed E-state index contributed by atoms with van der Waals surface area (Å²) >= 11 is 6.06. The summed E-state index contributed by atoms with van der Waals surface area (Å²) in [6.07, 6.45) is 0. The van der Waals surface area contributed by atoms with Crippen molar-refractivity contribution in [3.8, 4) is 11.3 Å². The highest BCUT2D eigenvalue weighted by atomic mass is 35.5. The largest absolute Gasteiger partial charge is 0.343 e. The molecule has 140 valence electrons. The van der Waals surface area contributed by atoms with E-state index in [9.17, 15) is 10.1 Å². The third-order valence-corrected chi connectivity index (χ3v) is 5.40. The van der Waals surface area contributed by atoms with Crippen LogP contribution in [0.5, 0.6) is 0 Å². The van der Waals surface area contributed by atoms with Gasteiger partial charge in [0, 0.05) is 27.9 Å². The number of nitrogens with zero attached hydrogens (tertiary/aromatic N) is 2. The number of rotatable bonds is 5. The molecule has 1 atom stereocenters. The van der Waals surface area contributed by atoms with Crippen LogP contribution in [0.3, 0.4) is 0 Å². The van der Waals surface area contributed by atoms with Crippen LogP contribution in [0.15, 0.2) is 78.9 Å². The highest BCUT2D eigenvalue weighted by molar-refractivity contribution is 6.30. The zero-order valence-corrected chi connectivity index (χ0v) is 16.1. The smallest absolute Gasteiger partial charge is 0.214 e. The molecule has 0 saturated carbocycles. The number of hydrogen-bond acceptors (Lipinski definition) is 2. The number of nitro groups is 1. The molecule has 1 unspecified atom stereocenters. The molecule has 5 heteroatoms. The molecule has 4 rings (SSSR count). The van der Waals surface area contributed by atoms with Crippen molar-refractivity contribution in [2.45, 2.75) is 5.92 Å². The van der Waals surface area contributed by atoms with Gasteiger partial charge in [0.25, 0.3) is 0 Å². The molecule has 0 aliphatic carbocycles. The fraction of sp³-hybridized carbons (Fsp3) is 0.130. The van der Waals surface area contributed by atoms with Crippen LogP contribution in [-0.2, 0) is 7.05 Å². The Morgan fingerprint density at radius 3 is 2.29 bits per heavy atom. The van der Waals surface area contributed by atoms with E-state index in [2.05, 4.69) is 10.6 Å². The van der Waals surface area contributed by atoms with Gasteiger partial charge in [0.05, 0.1) is 11.6 Å². The molecular weight excluding hydrogens is 372 g/mol. The van der Waals surface area contributed by atoms with E-state index in [0.29, 0.717) is 5.02 Å². The van der Waals surface area contributed by atoms with Crippen molar-refractivity contribution in [3.05, 3.63) is 105 Å². The predicted molar refractivity (Wildman–Crippen MR) is 114 cm³/mol. The van der Waals surface area contributed by atoms with E-state index in [4.69, 9.17) is 11.6 Å². The third kappa shape index (κ3) is 3.27. The molecule has 0 fully saturated rings. The Labute approximate surface area is 168 Å². The summed E-state index contributed by atoms with van der Waals surface area (Å²) in [5.41, 5.74) is 4.96. The summed E-state index contributed by atoms with van der Waals surface area (Å²) in [6, 6.07) is 25.4. The second kappa shape index (κ2) is 7.49. The maximum atomic E-state index is 11.6. The standard InChI is InChI=1S/C23H19ClN2O2/c1-25-21-10-6-5-9-19(21)22(23(25)17-7-3-2-4-8-17)20(15-26(27)28)16-11-13-18(24)14-12-16/h2-14,20H,15H2,1H3. The lowest BCUT2D eigenvalue weighted by atomic mass is 9.87. The van der Waals surface area contributed by atoms with Gasteiger partial charge in [0.15, 0.2) is 0 Å². The van der Waals surface area contributed by atoms with Gasteiger partial charge in [-0.05, 0) is 34.9 Å². The van der Waals surface area contributed by atoms with Gasteiger partial charge < -0.3 is 4.57 Å². The summed E-state index contributed by atoms with van der Waals surface area (Å²) in [6.45, 7) is -0.185. The van der Waals surface area contributed by atoms with Crippen molar-refractivity contribution >= 4 is 22.5 Å². The Kier molecular flexibility index (Phi) is 4.88. The Bertz CT molecular complexity index is 1130. The van der Waals surface area contributed by atoms with Crippen LogP contribution in [0.2, 0.25) is 5.02 Å². The zero-order chi connectivity index (χ0) is 19.7. The van der Waals surface area contributed by atoms with Gasteiger partial charge in [-0.15, -0.1) is 0 Å². The molecule has 0 aliphatic rings. The summed E-state index contributed by atoms with van der Waals surface area (Å²) in [4.78, 5) is 11.3. The molecule has 0 bridgehead atoms. The second-order valence-electron chi connectivity index (χ2n) is 6.82. The van der Waals surface area contributed by atoms with Gasteiger partial charge in [-0.25, -0.2) is 0 Å². The summed E-state index contributed by atoms with van der Waals surface area (Å²) in [7, 11) is 2.01. The van der Waals surface area contributed by atoms with Crippen molar-refractivity contribution in [2.75, 3.05) is 6.54 Å². The highest BCUT2D eigenvalue weighted by Crippen LogP contribution is 2.40. The first-order valence-electron chi connectivity index (χ1n) is 9.06. The number of benzene rings is 3. The van der Waals surface area contributed by atoms with Crippen molar-refractivity contribution < 1.29 is 4.92 Å². The predicted octanol–water partition coefficient (Wildman–Crippen LogP) is 5.91. The van der Waals surface area contributed by atoms with Gasteiger partial charge in [-0.2, -0.15) is 0 Å². The minimum absolute atomic E-state index is 0.185. The van der Waals surface area contributed by atoms with Crippen LogP contribution in [0.1, 0.15) is 17.0 Å². The van der Waals surface area contributed by atoms with E-state index in [-0.39, 0.29) is 17.4 Å². The van der Waals surface area contributed by atoms with Crippen molar-refractivity contribution in [3.63, 3.8) is 0 Å². The third-order valence-electron chi connectivity index (χ3n) is 5.15. The zero-order valence-electron chi connectivity index (χ0n) is 15.4. The van der Waals surface area contributed by atoms with Gasteiger partial charge in [-0.3, -0.25) is 10.1 Å². The van der Waals surface area contributed by atoms with E-state index >= 15 is 0 Å². The molecule has 0 saturated heterocycles. The number of aryl methyl sites for hydroxylation is 1. The van der Waals surface area contributed by atoms with Crippen LogP contribution >= 0.6 is 11.6 Å². The highest BCUT2D eigenvalue weighted by Gasteiger charge is 2.28. The van der Waals surface area contributed by atoms with Crippen LogP contribution in [0.4, 0.5) is 0 Å².